The molecule has 2 aromatic rings. The van der Waals surface area contributed by atoms with Gasteiger partial charge >= 0.3 is 7.12 Å². The summed E-state index contributed by atoms with van der Waals surface area (Å²) < 4.78 is 18.4. The Labute approximate surface area is 120 Å². The monoisotopic (exact) mass is 286 g/mol. The molecule has 0 saturated heterocycles. The van der Waals surface area contributed by atoms with Gasteiger partial charge in [-0.1, -0.05) is 24.3 Å². The smallest absolute Gasteiger partial charge is 0.423 e. The molecule has 1 aliphatic rings. The van der Waals surface area contributed by atoms with E-state index in [1.54, 1.807) is 18.2 Å². The maximum atomic E-state index is 13.3. The quantitative estimate of drug-likeness (QED) is 0.651. The van der Waals surface area contributed by atoms with Gasteiger partial charge in [-0.05, 0) is 34.3 Å². The Morgan fingerprint density at radius 1 is 1.24 bits per heavy atom. The average Bonchev–Trinajstić information content (AvgIpc) is 2.88. The van der Waals surface area contributed by atoms with E-state index in [9.17, 15) is 19.3 Å². The van der Waals surface area contributed by atoms with E-state index < -0.39 is 19.0 Å². The van der Waals surface area contributed by atoms with Crippen LogP contribution in [0.2, 0.25) is 0 Å². The fourth-order valence-corrected chi connectivity index (χ4v) is 2.42. The van der Waals surface area contributed by atoms with Crippen molar-refractivity contribution >= 4 is 18.9 Å². The van der Waals surface area contributed by atoms with Crippen molar-refractivity contribution in [3.63, 3.8) is 0 Å². The minimum atomic E-state index is -1.01. The summed E-state index contributed by atoms with van der Waals surface area (Å²) in [6.45, 7) is 0.332. The van der Waals surface area contributed by atoms with Crippen molar-refractivity contribution in [1.29, 1.82) is 0 Å². The number of hydrogen-bond acceptors (Lipinski definition) is 4. The van der Waals surface area contributed by atoms with Crippen LogP contribution in [0.1, 0.15) is 33.2 Å². The lowest BCUT2D eigenvalue weighted by molar-refractivity contribution is 0.111. The van der Waals surface area contributed by atoms with Gasteiger partial charge in [0.05, 0.1) is 12.2 Å². The van der Waals surface area contributed by atoms with Crippen LogP contribution in [0.5, 0.6) is 0 Å². The summed E-state index contributed by atoms with van der Waals surface area (Å²) in [6, 6.07) is 9.03. The SMILES string of the molecule is O=Cc1cc(C(O)c2ccc3c(c2)B(O)OC3)ccc1F. The Bertz CT molecular complexity index is 704. The number of halogens is 1. The number of fused-ring (bicyclic) bond motifs is 1. The molecule has 1 atom stereocenters. The van der Waals surface area contributed by atoms with Gasteiger partial charge in [0.15, 0.2) is 6.29 Å². The number of aliphatic hydroxyl groups excluding tert-OH is 1. The lowest BCUT2D eigenvalue weighted by atomic mass is 9.78. The summed E-state index contributed by atoms with van der Waals surface area (Å²) in [6.07, 6.45) is -0.603. The van der Waals surface area contributed by atoms with Gasteiger partial charge in [0.25, 0.3) is 0 Å². The van der Waals surface area contributed by atoms with Crippen LogP contribution in [0, 0.1) is 5.82 Å². The van der Waals surface area contributed by atoms with E-state index in [1.165, 1.54) is 12.1 Å². The highest BCUT2D eigenvalue weighted by molar-refractivity contribution is 6.61. The molecule has 6 heteroatoms. The Kier molecular flexibility index (Phi) is 3.59. The molecule has 0 aliphatic carbocycles. The second-order valence-corrected chi connectivity index (χ2v) is 4.92. The first-order valence-electron chi connectivity index (χ1n) is 6.45. The number of rotatable bonds is 3. The minimum absolute atomic E-state index is 0.101. The number of carbonyl (C=O) groups excluding carboxylic acids is 1. The summed E-state index contributed by atoms with van der Waals surface area (Å²) in [5.74, 6) is -0.626. The van der Waals surface area contributed by atoms with Gasteiger partial charge in [-0.25, -0.2) is 4.39 Å². The van der Waals surface area contributed by atoms with Crippen LogP contribution in [0.3, 0.4) is 0 Å². The molecular formula is C15H12BFO4. The zero-order chi connectivity index (χ0) is 15.0. The van der Waals surface area contributed by atoms with Crippen LogP contribution in [0.15, 0.2) is 36.4 Å². The molecule has 4 nitrogen and oxygen atoms in total. The first-order valence-corrected chi connectivity index (χ1v) is 6.45. The van der Waals surface area contributed by atoms with Gasteiger partial charge in [0, 0.05) is 0 Å². The van der Waals surface area contributed by atoms with Crippen LogP contribution in [0.4, 0.5) is 4.39 Å². The summed E-state index contributed by atoms with van der Waals surface area (Å²) in [7, 11) is -0.995. The molecule has 3 rings (SSSR count). The second-order valence-electron chi connectivity index (χ2n) is 4.92. The van der Waals surface area contributed by atoms with E-state index in [0.717, 1.165) is 11.6 Å². The highest BCUT2D eigenvalue weighted by Crippen LogP contribution is 2.24. The van der Waals surface area contributed by atoms with E-state index in [2.05, 4.69) is 0 Å². The van der Waals surface area contributed by atoms with Crippen molar-refractivity contribution < 1.29 is 24.0 Å². The molecule has 2 aromatic carbocycles. The van der Waals surface area contributed by atoms with Crippen molar-refractivity contribution in [2.45, 2.75) is 12.7 Å². The molecule has 1 unspecified atom stereocenters. The molecule has 0 radical (unpaired) electrons. The van der Waals surface area contributed by atoms with Crippen molar-refractivity contribution in [2.24, 2.45) is 0 Å². The molecule has 21 heavy (non-hydrogen) atoms. The first-order chi connectivity index (χ1) is 10.1. The van der Waals surface area contributed by atoms with Crippen LogP contribution in [0.25, 0.3) is 0 Å². The normalized spacial score (nSPS) is 14.9. The molecule has 0 spiro atoms. The van der Waals surface area contributed by atoms with E-state index >= 15 is 0 Å². The lowest BCUT2D eigenvalue weighted by Gasteiger charge is -2.13. The molecular weight excluding hydrogens is 274 g/mol. The number of carbonyl (C=O) groups is 1. The fourth-order valence-electron chi connectivity index (χ4n) is 2.42. The fraction of sp³-hybridized carbons (Fsp3) is 0.133. The number of benzene rings is 2. The van der Waals surface area contributed by atoms with Crippen molar-refractivity contribution in [3.8, 4) is 0 Å². The molecule has 0 bridgehead atoms. The van der Waals surface area contributed by atoms with Crippen LogP contribution >= 0.6 is 0 Å². The first kappa shape index (κ1) is 13.9. The van der Waals surface area contributed by atoms with Crippen molar-refractivity contribution in [2.75, 3.05) is 0 Å². The van der Waals surface area contributed by atoms with Gasteiger partial charge < -0.3 is 14.8 Å². The van der Waals surface area contributed by atoms with Gasteiger partial charge in [-0.15, -0.1) is 0 Å². The van der Waals surface area contributed by atoms with Crippen molar-refractivity contribution in [1.82, 2.24) is 0 Å². The highest BCUT2D eigenvalue weighted by atomic mass is 19.1. The van der Waals surface area contributed by atoms with Crippen LogP contribution < -0.4 is 5.46 Å². The van der Waals surface area contributed by atoms with Gasteiger partial charge in [0.1, 0.15) is 11.9 Å². The van der Waals surface area contributed by atoms with E-state index in [4.69, 9.17) is 4.65 Å². The predicted octanol–water partition coefficient (Wildman–Crippen LogP) is 0.938. The molecule has 1 aliphatic heterocycles. The third kappa shape index (κ3) is 2.49. The third-order valence-corrected chi connectivity index (χ3v) is 3.61. The lowest BCUT2D eigenvalue weighted by Crippen LogP contribution is -2.28. The summed E-state index contributed by atoms with van der Waals surface area (Å²) in [4.78, 5) is 10.8. The highest BCUT2D eigenvalue weighted by Gasteiger charge is 2.28. The van der Waals surface area contributed by atoms with E-state index in [1.807, 2.05) is 0 Å². The van der Waals surface area contributed by atoms with Gasteiger partial charge in [0.2, 0.25) is 0 Å². The van der Waals surface area contributed by atoms with Crippen LogP contribution in [-0.4, -0.2) is 23.5 Å². The molecule has 0 fully saturated rings. The zero-order valence-electron chi connectivity index (χ0n) is 11.0. The molecule has 1 heterocycles. The zero-order valence-corrected chi connectivity index (χ0v) is 11.0. The maximum Gasteiger partial charge on any atom is 0.491 e. The number of aliphatic hydroxyl groups is 1. The Morgan fingerprint density at radius 2 is 1.95 bits per heavy atom. The largest absolute Gasteiger partial charge is 0.491 e. The topological polar surface area (TPSA) is 66.8 Å². The minimum Gasteiger partial charge on any atom is -0.423 e. The molecule has 0 saturated carbocycles. The Hall–Kier alpha value is -2.02. The maximum absolute atomic E-state index is 13.3. The van der Waals surface area contributed by atoms with E-state index in [-0.39, 0.29) is 5.56 Å². The number of hydrogen-bond donors (Lipinski definition) is 2. The average molecular weight is 286 g/mol. The Morgan fingerprint density at radius 3 is 2.71 bits per heavy atom. The standard InChI is InChI=1S/C15H12BFO4/c17-14-4-3-9(5-12(14)7-18)15(19)10-1-2-11-8-21-16(20)13(11)6-10/h1-7,15,19-20H,8H2. The number of aldehydes is 1. The van der Waals surface area contributed by atoms with Crippen molar-refractivity contribution in [3.05, 3.63) is 64.5 Å². The molecule has 0 amide bonds. The van der Waals surface area contributed by atoms with Crippen LogP contribution in [-0.2, 0) is 11.3 Å². The Balaban J connectivity index is 1.97. The molecule has 0 aromatic heterocycles. The second kappa shape index (κ2) is 5.40. The molecule has 2 N–H and O–H groups in total. The van der Waals surface area contributed by atoms with Gasteiger partial charge in [-0.3, -0.25) is 4.79 Å². The summed E-state index contributed by atoms with van der Waals surface area (Å²) in [5, 5.41) is 20.0. The third-order valence-electron chi connectivity index (χ3n) is 3.61. The molecule has 106 valence electrons. The van der Waals surface area contributed by atoms with E-state index in [0.29, 0.717) is 29.5 Å². The van der Waals surface area contributed by atoms with Gasteiger partial charge in [-0.2, -0.15) is 0 Å². The summed E-state index contributed by atoms with van der Waals surface area (Å²) in [5.41, 5.74) is 2.33. The summed E-state index contributed by atoms with van der Waals surface area (Å²) >= 11 is 0. The predicted molar refractivity (Wildman–Crippen MR) is 74.7 cm³/mol.